The quantitative estimate of drug-likeness (QED) is 0.801. The summed E-state index contributed by atoms with van der Waals surface area (Å²) >= 11 is 1.24. The molecule has 0 atom stereocenters. The Morgan fingerprint density at radius 3 is 2.48 bits per heavy atom. The standard InChI is InChI=1S/C16H19N3O5S/c1-5-9-7-10(15(22)24-6-2)13(25-9)17-12(20)11-8-18(3)16(23)19(4)14(11)21/h7-8H,5-6H2,1-4H3,(H,17,20). The summed E-state index contributed by atoms with van der Waals surface area (Å²) in [4.78, 5) is 49.3. The number of anilines is 1. The van der Waals surface area contributed by atoms with Gasteiger partial charge in [-0.2, -0.15) is 0 Å². The Bertz CT molecular complexity index is 938. The molecule has 0 bridgehead atoms. The molecule has 2 rings (SSSR count). The van der Waals surface area contributed by atoms with Gasteiger partial charge in [-0.1, -0.05) is 6.92 Å². The van der Waals surface area contributed by atoms with E-state index in [2.05, 4.69) is 5.32 Å². The van der Waals surface area contributed by atoms with Gasteiger partial charge in [-0.25, -0.2) is 9.59 Å². The monoisotopic (exact) mass is 365 g/mol. The Balaban J connectivity index is 2.42. The molecule has 2 aromatic heterocycles. The summed E-state index contributed by atoms with van der Waals surface area (Å²) in [5.41, 5.74) is -1.17. The number of amides is 1. The van der Waals surface area contributed by atoms with Crippen LogP contribution in [-0.4, -0.2) is 27.6 Å². The average molecular weight is 365 g/mol. The molecule has 0 aliphatic carbocycles. The molecule has 1 amide bonds. The van der Waals surface area contributed by atoms with Crippen LogP contribution in [0.4, 0.5) is 5.00 Å². The second-order valence-electron chi connectivity index (χ2n) is 5.28. The lowest BCUT2D eigenvalue weighted by molar-refractivity contribution is 0.0528. The van der Waals surface area contributed by atoms with Crippen molar-refractivity contribution in [3.8, 4) is 0 Å². The van der Waals surface area contributed by atoms with Gasteiger partial charge in [0.05, 0.1) is 12.2 Å². The van der Waals surface area contributed by atoms with E-state index in [9.17, 15) is 19.2 Å². The maximum atomic E-state index is 12.5. The van der Waals surface area contributed by atoms with Gasteiger partial charge in [0.2, 0.25) is 0 Å². The van der Waals surface area contributed by atoms with Crippen molar-refractivity contribution in [1.82, 2.24) is 9.13 Å². The van der Waals surface area contributed by atoms with Crippen LogP contribution in [0.3, 0.4) is 0 Å². The maximum absolute atomic E-state index is 12.5. The molecule has 25 heavy (non-hydrogen) atoms. The van der Waals surface area contributed by atoms with Gasteiger partial charge in [0, 0.05) is 25.2 Å². The second kappa shape index (κ2) is 7.47. The van der Waals surface area contributed by atoms with Crippen molar-refractivity contribution in [3.63, 3.8) is 0 Å². The normalized spacial score (nSPS) is 10.6. The van der Waals surface area contributed by atoms with E-state index < -0.39 is 23.1 Å². The zero-order valence-electron chi connectivity index (χ0n) is 14.4. The van der Waals surface area contributed by atoms with Gasteiger partial charge in [-0.3, -0.25) is 14.2 Å². The average Bonchev–Trinajstić information content (AvgIpc) is 2.99. The van der Waals surface area contributed by atoms with Crippen molar-refractivity contribution in [2.24, 2.45) is 14.1 Å². The number of esters is 1. The number of aryl methyl sites for hydroxylation is 2. The van der Waals surface area contributed by atoms with E-state index in [-0.39, 0.29) is 17.7 Å². The molecule has 0 aliphatic heterocycles. The fourth-order valence-corrected chi connectivity index (χ4v) is 3.18. The Morgan fingerprint density at radius 2 is 1.88 bits per heavy atom. The molecule has 1 N–H and O–H groups in total. The van der Waals surface area contributed by atoms with Crippen molar-refractivity contribution in [1.29, 1.82) is 0 Å². The molecule has 2 heterocycles. The summed E-state index contributed by atoms with van der Waals surface area (Å²) in [6.07, 6.45) is 1.87. The molecule has 0 saturated carbocycles. The highest BCUT2D eigenvalue weighted by atomic mass is 32.1. The minimum Gasteiger partial charge on any atom is -0.462 e. The van der Waals surface area contributed by atoms with Crippen LogP contribution in [0.25, 0.3) is 0 Å². The first-order valence-electron chi connectivity index (χ1n) is 7.67. The largest absolute Gasteiger partial charge is 0.462 e. The number of ether oxygens (including phenoxy) is 1. The lowest BCUT2D eigenvalue weighted by Gasteiger charge is -2.08. The first kappa shape index (κ1) is 18.7. The zero-order chi connectivity index (χ0) is 18.7. The SMILES string of the molecule is CCOC(=O)c1cc(CC)sc1NC(=O)c1cn(C)c(=O)n(C)c1=O. The number of carbonyl (C=O) groups is 2. The second-order valence-corrected chi connectivity index (χ2v) is 6.42. The number of carbonyl (C=O) groups excluding carboxylic acids is 2. The lowest BCUT2D eigenvalue weighted by atomic mass is 10.2. The third kappa shape index (κ3) is 3.71. The molecular weight excluding hydrogens is 346 g/mol. The molecule has 134 valence electrons. The fraction of sp³-hybridized carbons (Fsp3) is 0.375. The van der Waals surface area contributed by atoms with Gasteiger partial charge in [-0.05, 0) is 19.4 Å². The number of thiophene rings is 1. The van der Waals surface area contributed by atoms with Crippen LogP contribution in [0.1, 0.15) is 39.4 Å². The Labute approximate surface area is 147 Å². The molecule has 9 heteroatoms. The van der Waals surface area contributed by atoms with Crippen LogP contribution in [0, 0.1) is 0 Å². The van der Waals surface area contributed by atoms with Crippen molar-refractivity contribution in [3.05, 3.63) is 49.1 Å². The number of aromatic nitrogens is 2. The third-order valence-electron chi connectivity index (χ3n) is 3.55. The summed E-state index contributed by atoms with van der Waals surface area (Å²) in [5, 5.41) is 2.90. The van der Waals surface area contributed by atoms with Crippen LogP contribution < -0.4 is 16.6 Å². The first-order chi connectivity index (χ1) is 11.8. The van der Waals surface area contributed by atoms with Crippen molar-refractivity contribution in [2.75, 3.05) is 11.9 Å². The van der Waals surface area contributed by atoms with Crippen molar-refractivity contribution < 1.29 is 14.3 Å². The molecule has 0 unspecified atom stereocenters. The van der Waals surface area contributed by atoms with E-state index in [0.29, 0.717) is 11.4 Å². The number of hydrogen-bond acceptors (Lipinski definition) is 6. The topological polar surface area (TPSA) is 99.4 Å². The molecule has 0 aromatic carbocycles. The summed E-state index contributed by atoms with van der Waals surface area (Å²) in [7, 11) is 2.74. The van der Waals surface area contributed by atoms with E-state index in [0.717, 1.165) is 14.0 Å². The summed E-state index contributed by atoms with van der Waals surface area (Å²) in [6.45, 7) is 3.83. The fourth-order valence-electron chi connectivity index (χ4n) is 2.20. The minimum absolute atomic E-state index is 0.189. The van der Waals surface area contributed by atoms with Gasteiger partial charge in [0.25, 0.3) is 11.5 Å². The van der Waals surface area contributed by atoms with Gasteiger partial charge in [0.1, 0.15) is 10.6 Å². The molecule has 0 saturated heterocycles. The van der Waals surface area contributed by atoms with Gasteiger partial charge < -0.3 is 14.6 Å². The van der Waals surface area contributed by atoms with Crippen molar-refractivity contribution in [2.45, 2.75) is 20.3 Å². The Morgan fingerprint density at radius 1 is 1.20 bits per heavy atom. The predicted octanol–water partition coefficient (Wildman–Crippen LogP) is 1.14. The predicted molar refractivity (Wildman–Crippen MR) is 94.5 cm³/mol. The Hall–Kier alpha value is -2.68. The molecule has 0 radical (unpaired) electrons. The van der Waals surface area contributed by atoms with Crippen LogP contribution in [0.5, 0.6) is 0 Å². The highest BCUT2D eigenvalue weighted by molar-refractivity contribution is 7.16. The van der Waals surface area contributed by atoms with Gasteiger partial charge in [-0.15, -0.1) is 11.3 Å². The lowest BCUT2D eigenvalue weighted by Crippen LogP contribution is -2.40. The maximum Gasteiger partial charge on any atom is 0.341 e. The number of hydrogen-bond donors (Lipinski definition) is 1. The van der Waals surface area contributed by atoms with E-state index in [1.54, 1.807) is 13.0 Å². The zero-order valence-corrected chi connectivity index (χ0v) is 15.2. The van der Waals surface area contributed by atoms with E-state index in [4.69, 9.17) is 4.74 Å². The number of rotatable bonds is 5. The smallest absolute Gasteiger partial charge is 0.341 e. The summed E-state index contributed by atoms with van der Waals surface area (Å²) in [6, 6.07) is 1.66. The summed E-state index contributed by atoms with van der Waals surface area (Å²) < 4.78 is 7.00. The number of nitrogens with one attached hydrogen (secondary N) is 1. The van der Waals surface area contributed by atoms with Gasteiger partial charge >= 0.3 is 11.7 Å². The van der Waals surface area contributed by atoms with Crippen LogP contribution in [-0.2, 0) is 25.3 Å². The Kier molecular flexibility index (Phi) is 5.58. The van der Waals surface area contributed by atoms with E-state index in [1.165, 1.54) is 31.6 Å². The summed E-state index contributed by atoms with van der Waals surface area (Å²) in [5.74, 6) is -1.23. The van der Waals surface area contributed by atoms with Gasteiger partial charge in [0.15, 0.2) is 0 Å². The molecular formula is C16H19N3O5S. The molecule has 8 nitrogen and oxygen atoms in total. The molecule has 2 aromatic rings. The third-order valence-corrected chi connectivity index (χ3v) is 4.74. The van der Waals surface area contributed by atoms with Crippen LogP contribution >= 0.6 is 11.3 Å². The highest BCUT2D eigenvalue weighted by Gasteiger charge is 2.21. The van der Waals surface area contributed by atoms with Crippen LogP contribution in [0.15, 0.2) is 21.9 Å². The molecule has 0 aliphatic rings. The van der Waals surface area contributed by atoms with Crippen molar-refractivity contribution >= 4 is 28.2 Å². The molecule has 0 spiro atoms. The number of nitrogens with zero attached hydrogens (tertiary/aromatic N) is 2. The van der Waals surface area contributed by atoms with E-state index in [1.807, 2.05) is 6.92 Å². The van der Waals surface area contributed by atoms with Crippen LogP contribution in [0.2, 0.25) is 0 Å². The van der Waals surface area contributed by atoms with E-state index >= 15 is 0 Å². The first-order valence-corrected chi connectivity index (χ1v) is 8.49. The molecule has 0 fully saturated rings. The highest BCUT2D eigenvalue weighted by Crippen LogP contribution is 2.29. The minimum atomic E-state index is -0.703.